The minimum absolute atomic E-state index is 0.162. The number of rotatable bonds is 8. The van der Waals surface area contributed by atoms with Crippen LogP contribution in [0.4, 0.5) is 0 Å². The van der Waals surface area contributed by atoms with Gasteiger partial charge in [0.05, 0.1) is 11.3 Å². The van der Waals surface area contributed by atoms with Crippen LogP contribution in [0.2, 0.25) is 0 Å². The zero-order valence-electron chi connectivity index (χ0n) is 12.8. The fraction of sp³-hybridized carbons (Fsp3) is 0.786. The second kappa shape index (κ2) is 7.03. The molecule has 0 saturated heterocycles. The van der Waals surface area contributed by atoms with Gasteiger partial charge in [0.25, 0.3) is 0 Å². The molecule has 5 nitrogen and oxygen atoms in total. The van der Waals surface area contributed by atoms with Gasteiger partial charge in [0.15, 0.2) is 0 Å². The van der Waals surface area contributed by atoms with Crippen LogP contribution in [0.1, 0.15) is 52.3 Å². The van der Waals surface area contributed by atoms with E-state index in [0.29, 0.717) is 6.04 Å². The third-order valence-electron chi connectivity index (χ3n) is 3.69. The molecule has 0 amide bonds. The molecule has 3 N–H and O–H groups in total. The molecule has 19 heavy (non-hydrogen) atoms. The SMILES string of the molecule is CCC(C)n1ccc(CC(CC(C)(C)OC)NN)n1. The number of methoxy groups -OCH3 is 1. The van der Waals surface area contributed by atoms with Crippen LogP contribution in [0.25, 0.3) is 0 Å². The molecule has 5 heteroatoms. The lowest BCUT2D eigenvalue weighted by molar-refractivity contribution is 0.00702. The Kier molecular flexibility index (Phi) is 5.97. The Morgan fingerprint density at radius 2 is 2.21 bits per heavy atom. The molecule has 110 valence electrons. The maximum Gasteiger partial charge on any atom is 0.0640 e. The highest BCUT2D eigenvalue weighted by atomic mass is 16.5. The molecule has 2 atom stereocenters. The van der Waals surface area contributed by atoms with Gasteiger partial charge < -0.3 is 4.74 Å². The predicted octanol–water partition coefficient (Wildman–Crippen LogP) is 2.04. The number of hydrogen-bond acceptors (Lipinski definition) is 4. The summed E-state index contributed by atoms with van der Waals surface area (Å²) in [5, 5.41) is 4.60. The van der Waals surface area contributed by atoms with Gasteiger partial charge in [-0.05, 0) is 39.7 Å². The fourth-order valence-electron chi connectivity index (χ4n) is 2.04. The van der Waals surface area contributed by atoms with Gasteiger partial charge in [-0.2, -0.15) is 5.10 Å². The largest absolute Gasteiger partial charge is 0.379 e. The van der Waals surface area contributed by atoms with Crippen LogP contribution >= 0.6 is 0 Å². The normalized spacial score (nSPS) is 15.5. The molecule has 0 radical (unpaired) electrons. The van der Waals surface area contributed by atoms with E-state index in [9.17, 15) is 0 Å². The number of nitrogens with one attached hydrogen (secondary N) is 1. The van der Waals surface area contributed by atoms with Crippen LogP contribution in [0.15, 0.2) is 12.3 Å². The van der Waals surface area contributed by atoms with Gasteiger partial charge in [0.2, 0.25) is 0 Å². The number of hydrogen-bond donors (Lipinski definition) is 2. The number of nitrogens with two attached hydrogens (primary N) is 1. The molecule has 1 aromatic rings. The average Bonchev–Trinajstić information content (AvgIpc) is 2.85. The van der Waals surface area contributed by atoms with Crippen molar-refractivity contribution in [2.24, 2.45) is 5.84 Å². The summed E-state index contributed by atoms with van der Waals surface area (Å²) in [6, 6.07) is 2.67. The van der Waals surface area contributed by atoms with Gasteiger partial charge in [0, 0.05) is 31.8 Å². The van der Waals surface area contributed by atoms with Crippen LogP contribution in [-0.2, 0) is 11.2 Å². The quantitative estimate of drug-likeness (QED) is 0.559. The first-order valence-electron chi connectivity index (χ1n) is 6.97. The molecule has 1 rings (SSSR count). The minimum Gasteiger partial charge on any atom is -0.379 e. The third kappa shape index (κ3) is 4.93. The summed E-state index contributed by atoms with van der Waals surface area (Å²) in [6.45, 7) is 8.46. The Morgan fingerprint density at radius 3 is 2.74 bits per heavy atom. The Morgan fingerprint density at radius 1 is 1.53 bits per heavy atom. The zero-order chi connectivity index (χ0) is 14.5. The Labute approximate surface area is 116 Å². The van der Waals surface area contributed by atoms with Crippen LogP contribution in [0, 0.1) is 0 Å². The van der Waals surface area contributed by atoms with E-state index in [4.69, 9.17) is 10.6 Å². The molecule has 0 aliphatic carbocycles. The van der Waals surface area contributed by atoms with Gasteiger partial charge in [-0.25, -0.2) is 0 Å². The number of nitrogens with zero attached hydrogens (tertiary/aromatic N) is 2. The van der Waals surface area contributed by atoms with E-state index in [2.05, 4.69) is 44.3 Å². The highest BCUT2D eigenvalue weighted by Crippen LogP contribution is 2.18. The number of ether oxygens (including phenoxy) is 1. The van der Waals surface area contributed by atoms with Crippen molar-refractivity contribution < 1.29 is 4.74 Å². The second-order valence-corrected chi connectivity index (χ2v) is 5.78. The first kappa shape index (κ1) is 16.1. The van der Waals surface area contributed by atoms with E-state index < -0.39 is 0 Å². The number of hydrazine groups is 1. The van der Waals surface area contributed by atoms with E-state index in [0.717, 1.165) is 25.0 Å². The van der Waals surface area contributed by atoms with Gasteiger partial charge >= 0.3 is 0 Å². The van der Waals surface area contributed by atoms with Gasteiger partial charge in [-0.1, -0.05) is 6.92 Å². The van der Waals surface area contributed by atoms with Crippen molar-refractivity contribution in [2.75, 3.05) is 7.11 Å². The topological polar surface area (TPSA) is 65.1 Å². The molecular weight excluding hydrogens is 240 g/mol. The molecule has 0 aliphatic rings. The van der Waals surface area contributed by atoms with Gasteiger partial charge in [0.1, 0.15) is 0 Å². The van der Waals surface area contributed by atoms with E-state index in [-0.39, 0.29) is 11.6 Å². The van der Waals surface area contributed by atoms with Crippen molar-refractivity contribution in [1.29, 1.82) is 0 Å². The van der Waals surface area contributed by atoms with Crippen molar-refractivity contribution in [2.45, 2.75) is 64.6 Å². The second-order valence-electron chi connectivity index (χ2n) is 5.78. The standard InChI is InChI=1S/C14H28N4O/c1-6-11(2)18-8-7-12(17-18)9-13(16-15)10-14(3,4)19-5/h7-8,11,13,16H,6,9-10,15H2,1-5H3. The lowest BCUT2D eigenvalue weighted by atomic mass is 9.96. The molecule has 0 fully saturated rings. The molecule has 0 saturated carbocycles. The summed E-state index contributed by atoms with van der Waals surface area (Å²) in [4.78, 5) is 0. The van der Waals surface area contributed by atoms with Crippen molar-refractivity contribution in [3.8, 4) is 0 Å². The molecule has 1 aromatic heterocycles. The molecule has 0 bridgehead atoms. The summed E-state index contributed by atoms with van der Waals surface area (Å²) < 4.78 is 7.47. The van der Waals surface area contributed by atoms with E-state index in [1.165, 1.54) is 0 Å². The maximum absolute atomic E-state index is 5.64. The first-order valence-corrected chi connectivity index (χ1v) is 6.97. The van der Waals surface area contributed by atoms with Crippen molar-refractivity contribution >= 4 is 0 Å². The molecular formula is C14H28N4O. The zero-order valence-corrected chi connectivity index (χ0v) is 12.8. The average molecular weight is 268 g/mol. The highest BCUT2D eigenvalue weighted by Gasteiger charge is 2.23. The predicted molar refractivity (Wildman–Crippen MR) is 77.7 cm³/mol. The Bertz CT molecular complexity index is 375. The summed E-state index contributed by atoms with van der Waals surface area (Å²) in [7, 11) is 1.73. The summed E-state index contributed by atoms with van der Waals surface area (Å²) in [5.74, 6) is 5.64. The van der Waals surface area contributed by atoms with Gasteiger partial charge in [-0.15, -0.1) is 0 Å². The molecule has 2 unspecified atom stereocenters. The van der Waals surface area contributed by atoms with Crippen LogP contribution in [0.5, 0.6) is 0 Å². The van der Waals surface area contributed by atoms with Gasteiger partial charge in [-0.3, -0.25) is 16.0 Å². The lowest BCUT2D eigenvalue weighted by Gasteiger charge is -2.27. The van der Waals surface area contributed by atoms with Crippen molar-refractivity contribution in [3.63, 3.8) is 0 Å². The van der Waals surface area contributed by atoms with Crippen LogP contribution in [0.3, 0.4) is 0 Å². The smallest absolute Gasteiger partial charge is 0.0640 e. The fourth-order valence-corrected chi connectivity index (χ4v) is 2.04. The number of aromatic nitrogens is 2. The molecule has 1 heterocycles. The van der Waals surface area contributed by atoms with E-state index >= 15 is 0 Å². The van der Waals surface area contributed by atoms with Crippen molar-refractivity contribution in [1.82, 2.24) is 15.2 Å². The van der Waals surface area contributed by atoms with Crippen molar-refractivity contribution in [3.05, 3.63) is 18.0 Å². The van der Waals surface area contributed by atoms with E-state index in [1.54, 1.807) is 7.11 Å². The van der Waals surface area contributed by atoms with E-state index in [1.807, 2.05) is 10.9 Å². The summed E-state index contributed by atoms with van der Waals surface area (Å²) in [6.07, 6.45) is 4.78. The Balaban J connectivity index is 2.63. The maximum atomic E-state index is 5.64. The van der Waals surface area contributed by atoms with Crippen LogP contribution < -0.4 is 11.3 Å². The molecule has 0 aromatic carbocycles. The lowest BCUT2D eigenvalue weighted by Crippen LogP contribution is -2.42. The summed E-state index contributed by atoms with van der Waals surface area (Å²) in [5.41, 5.74) is 3.74. The molecule has 0 spiro atoms. The monoisotopic (exact) mass is 268 g/mol. The third-order valence-corrected chi connectivity index (χ3v) is 3.69. The first-order chi connectivity index (χ1) is 8.91. The van der Waals surface area contributed by atoms with Crippen LogP contribution in [-0.4, -0.2) is 28.5 Å². The Hall–Kier alpha value is -0.910. The minimum atomic E-state index is -0.184. The molecule has 0 aliphatic heterocycles. The summed E-state index contributed by atoms with van der Waals surface area (Å²) >= 11 is 0. The highest BCUT2D eigenvalue weighted by molar-refractivity contribution is 5.02.